The number of methoxy groups -OCH3 is 2. The first-order chi connectivity index (χ1) is 15.4. The first-order valence-corrected chi connectivity index (χ1v) is 9.24. The molecule has 0 amide bonds. The van der Waals surface area contributed by atoms with Gasteiger partial charge in [0.2, 0.25) is 0 Å². The van der Waals surface area contributed by atoms with E-state index in [0.29, 0.717) is 5.56 Å². The predicted molar refractivity (Wildman–Crippen MR) is 111 cm³/mol. The van der Waals surface area contributed by atoms with Gasteiger partial charge in [0.1, 0.15) is 23.4 Å². The SMILES string of the molecule is COC(=O)C1=C(C(=O)OC)N(c2ccc(F)c(C#N)c2)C(N)=C(C#N)C1c1ccccc1. The van der Waals surface area contributed by atoms with Crippen LogP contribution in [0.5, 0.6) is 0 Å². The molecule has 0 aromatic heterocycles. The summed E-state index contributed by atoms with van der Waals surface area (Å²) in [5.41, 5.74) is 6.09. The van der Waals surface area contributed by atoms with E-state index >= 15 is 0 Å². The number of nitriles is 2. The zero-order valence-corrected chi connectivity index (χ0v) is 17.1. The number of allylic oxidation sites excluding steroid dienone is 1. The lowest BCUT2D eigenvalue weighted by molar-refractivity contribution is -0.139. The Morgan fingerprint density at radius 3 is 2.25 bits per heavy atom. The molecule has 0 saturated heterocycles. The average Bonchev–Trinajstić information content (AvgIpc) is 2.83. The highest BCUT2D eigenvalue weighted by molar-refractivity contribution is 6.06. The van der Waals surface area contributed by atoms with Crippen LogP contribution in [0.2, 0.25) is 0 Å². The monoisotopic (exact) mass is 432 g/mol. The summed E-state index contributed by atoms with van der Waals surface area (Å²) in [5.74, 6) is -3.80. The van der Waals surface area contributed by atoms with Gasteiger partial charge in [0.05, 0.1) is 42.9 Å². The van der Waals surface area contributed by atoms with Gasteiger partial charge in [-0.2, -0.15) is 10.5 Å². The Balaban J connectivity index is 2.43. The Labute approximate surface area is 183 Å². The minimum absolute atomic E-state index is 0.0351. The number of carbonyl (C=O) groups is 2. The van der Waals surface area contributed by atoms with Crippen LogP contribution in [-0.4, -0.2) is 26.2 Å². The zero-order valence-electron chi connectivity index (χ0n) is 17.1. The second-order valence-electron chi connectivity index (χ2n) is 6.61. The summed E-state index contributed by atoms with van der Waals surface area (Å²) in [7, 11) is 2.25. The number of nitrogens with two attached hydrogens (primary N) is 1. The van der Waals surface area contributed by atoms with Gasteiger partial charge in [-0.25, -0.2) is 14.0 Å². The van der Waals surface area contributed by atoms with Crippen LogP contribution in [0.4, 0.5) is 10.1 Å². The number of anilines is 1. The van der Waals surface area contributed by atoms with Crippen LogP contribution in [0.15, 0.2) is 71.2 Å². The van der Waals surface area contributed by atoms with Crippen molar-refractivity contribution in [1.29, 1.82) is 10.5 Å². The third-order valence-corrected chi connectivity index (χ3v) is 4.94. The van der Waals surface area contributed by atoms with Crippen molar-refractivity contribution in [1.82, 2.24) is 0 Å². The number of hydrogen-bond acceptors (Lipinski definition) is 8. The maximum Gasteiger partial charge on any atom is 0.355 e. The lowest BCUT2D eigenvalue weighted by Gasteiger charge is -2.35. The molecule has 8 nitrogen and oxygen atoms in total. The molecule has 2 aromatic carbocycles. The molecule has 2 N–H and O–H groups in total. The highest BCUT2D eigenvalue weighted by Crippen LogP contribution is 2.43. The van der Waals surface area contributed by atoms with Crippen molar-refractivity contribution in [2.45, 2.75) is 5.92 Å². The number of benzene rings is 2. The molecule has 0 saturated carbocycles. The molecule has 0 aliphatic carbocycles. The van der Waals surface area contributed by atoms with Crippen LogP contribution in [-0.2, 0) is 19.1 Å². The van der Waals surface area contributed by atoms with E-state index in [9.17, 15) is 24.5 Å². The molecule has 2 aromatic rings. The van der Waals surface area contributed by atoms with Gasteiger partial charge in [-0.15, -0.1) is 0 Å². The minimum Gasteiger partial charge on any atom is -0.466 e. The molecule has 32 heavy (non-hydrogen) atoms. The molecule has 0 radical (unpaired) electrons. The molecule has 0 fully saturated rings. The maximum atomic E-state index is 13.9. The third kappa shape index (κ3) is 3.64. The standard InChI is InChI=1S/C23H17FN4O4/c1-31-22(29)19-18(13-6-4-3-5-7-13)16(12-26)21(27)28(20(19)23(30)32-2)15-8-9-17(24)14(10-15)11-25/h3-10,18H,27H2,1-2H3. The summed E-state index contributed by atoms with van der Waals surface area (Å²) in [6.07, 6.45) is 0. The smallest absolute Gasteiger partial charge is 0.355 e. The van der Waals surface area contributed by atoms with Gasteiger partial charge in [0.15, 0.2) is 0 Å². The largest absolute Gasteiger partial charge is 0.466 e. The molecule has 1 heterocycles. The highest BCUT2D eigenvalue weighted by Gasteiger charge is 2.43. The van der Waals surface area contributed by atoms with Crippen molar-refractivity contribution in [3.63, 3.8) is 0 Å². The molecular weight excluding hydrogens is 415 g/mol. The number of esters is 2. The van der Waals surface area contributed by atoms with E-state index in [4.69, 9.17) is 15.2 Å². The topological polar surface area (TPSA) is 129 Å². The number of halogens is 1. The van der Waals surface area contributed by atoms with Crippen LogP contribution < -0.4 is 10.6 Å². The van der Waals surface area contributed by atoms with Gasteiger partial charge >= 0.3 is 11.9 Å². The number of ether oxygens (including phenoxy) is 2. The van der Waals surface area contributed by atoms with E-state index in [-0.39, 0.29) is 33.9 Å². The van der Waals surface area contributed by atoms with E-state index in [1.54, 1.807) is 36.4 Å². The second-order valence-corrected chi connectivity index (χ2v) is 6.61. The zero-order chi connectivity index (χ0) is 23.4. The fourth-order valence-corrected chi connectivity index (χ4v) is 3.52. The van der Waals surface area contributed by atoms with Gasteiger partial charge in [-0.3, -0.25) is 4.90 Å². The Kier molecular flexibility index (Phi) is 6.22. The summed E-state index contributed by atoms with van der Waals surface area (Å²) in [6, 6.07) is 15.7. The number of nitrogens with zero attached hydrogens (tertiary/aromatic N) is 3. The Hall–Kier alpha value is -4.63. The molecule has 9 heteroatoms. The summed E-state index contributed by atoms with van der Waals surface area (Å²) in [5, 5.41) is 19.2. The Morgan fingerprint density at radius 2 is 1.69 bits per heavy atom. The third-order valence-electron chi connectivity index (χ3n) is 4.94. The predicted octanol–water partition coefficient (Wildman–Crippen LogP) is 2.60. The summed E-state index contributed by atoms with van der Waals surface area (Å²) in [4.78, 5) is 26.9. The van der Waals surface area contributed by atoms with Gasteiger partial charge in [-0.05, 0) is 23.8 Å². The van der Waals surface area contributed by atoms with Crippen molar-refractivity contribution in [3.05, 3.63) is 88.1 Å². The van der Waals surface area contributed by atoms with Gasteiger partial charge in [0, 0.05) is 5.69 Å². The molecule has 1 aliphatic heterocycles. The van der Waals surface area contributed by atoms with Gasteiger partial charge in [0.25, 0.3) is 0 Å². The van der Waals surface area contributed by atoms with Crippen LogP contribution in [0.25, 0.3) is 0 Å². The van der Waals surface area contributed by atoms with Crippen molar-refractivity contribution in [2.24, 2.45) is 5.73 Å². The highest BCUT2D eigenvalue weighted by atomic mass is 19.1. The Morgan fingerprint density at radius 1 is 1.03 bits per heavy atom. The second kappa shape index (κ2) is 9.02. The van der Waals surface area contributed by atoms with Crippen LogP contribution in [0.3, 0.4) is 0 Å². The average molecular weight is 432 g/mol. The summed E-state index contributed by atoms with van der Waals surface area (Å²) in [6.45, 7) is 0. The van der Waals surface area contributed by atoms with E-state index < -0.39 is 23.7 Å². The normalized spacial score (nSPS) is 15.7. The summed E-state index contributed by atoms with van der Waals surface area (Å²) < 4.78 is 23.8. The van der Waals surface area contributed by atoms with Crippen LogP contribution >= 0.6 is 0 Å². The number of hydrogen-bond donors (Lipinski definition) is 1. The first kappa shape index (κ1) is 22.1. The number of rotatable bonds is 4. The van der Waals surface area contributed by atoms with Gasteiger partial charge in [-0.1, -0.05) is 30.3 Å². The van der Waals surface area contributed by atoms with Crippen LogP contribution in [0, 0.1) is 28.5 Å². The van der Waals surface area contributed by atoms with Crippen LogP contribution in [0.1, 0.15) is 17.0 Å². The van der Waals surface area contributed by atoms with Crippen molar-refractivity contribution >= 4 is 17.6 Å². The summed E-state index contributed by atoms with van der Waals surface area (Å²) >= 11 is 0. The molecule has 1 atom stereocenters. The molecule has 3 rings (SSSR count). The molecule has 1 aliphatic rings. The lowest BCUT2D eigenvalue weighted by atomic mass is 9.81. The number of carbonyl (C=O) groups excluding carboxylic acids is 2. The fourth-order valence-electron chi connectivity index (χ4n) is 3.52. The molecule has 1 unspecified atom stereocenters. The Bertz CT molecular complexity index is 1240. The quantitative estimate of drug-likeness (QED) is 0.730. The molecule has 0 spiro atoms. The van der Waals surface area contributed by atoms with E-state index in [0.717, 1.165) is 31.3 Å². The lowest BCUT2D eigenvalue weighted by Crippen LogP contribution is -2.40. The van der Waals surface area contributed by atoms with E-state index in [2.05, 4.69) is 0 Å². The van der Waals surface area contributed by atoms with E-state index in [1.165, 1.54) is 6.07 Å². The van der Waals surface area contributed by atoms with Crippen molar-refractivity contribution in [2.75, 3.05) is 19.1 Å². The van der Waals surface area contributed by atoms with Gasteiger partial charge < -0.3 is 15.2 Å². The minimum atomic E-state index is -1.02. The van der Waals surface area contributed by atoms with E-state index in [1.807, 2.05) is 6.07 Å². The maximum absolute atomic E-state index is 13.9. The molecular formula is C23H17FN4O4. The van der Waals surface area contributed by atoms with Crippen molar-refractivity contribution in [3.8, 4) is 12.1 Å². The first-order valence-electron chi connectivity index (χ1n) is 9.24. The fraction of sp³-hybridized carbons (Fsp3) is 0.130. The molecule has 0 bridgehead atoms. The van der Waals surface area contributed by atoms with Crippen molar-refractivity contribution < 1.29 is 23.5 Å². The molecule has 160 valence electrons.